The molecule has 0 radical (unpaired) electrons. The molecule has 28 heavy (non-hydrogen) atoms. The van der Waals surface area contributed by atoms with Gasteiger partial charge in [0, 0.05) is 23.6 Å². The molecule has 4 aromatic rings. The van der Waals surface area contributed by atoms with Gasteiger partial charge in [-0.25, -0.2) is 9.97 Å². The molecule has 2 aromatic carbocycles. The van der Waals surface area contributed by atoms with Gasteiger partial charge in [-0.2, -0.15) is 8.78 Å². The summed E-state index contributed by atoms with van der Waals surface area (Å²) < 4.78 is 29.9. The fourth-order valence-corrected chi connectivity index (χ4v) is 3.11. The molecule has 0 saturated carbocycles. The van der Waals surface area contributed by atoms with E-state index in [1.54, 1.807) is 74.2 Å². The lowest BCUT2D eigenvalue weighted by Crippen LogP contribution is -2.28. The quantitative estimate of drug-likeness (QED) is 0.566. The highest BCUT2D eigenvalue weighted by Gasteiger charge is 2.23. The number of benzene rings is 2. The van der Waals surface area contributed by atoms with Gasteiger partial charge in [0.2, 0.25) is 0 Å². The highest BCUT2D eigenvalue weighted by atomic mass is 19.3. The van der Waals surface area contributed by atoms with Crippen molar-refractivity contribution in [3.05, 3.63) is 78.6 Å². The van der Waals surface area contributed by atoms with Crippen LogP contribution in [0.25, 0.3) is 16.7 Å². The lowest BCUT2D eigenvalue weighted by molar-refractivity contribution is 0.0688. The van der Waals surface area contributed by atoms with Crippen molar-refractivity contribution in [2.24, 2.45) is 0 Å². The standard InChI is InChI=1S/C20H17F2N5O/c1-13(18-25-16-4-2-3-5-17(16)27(18)20(21)22)24-19(28)14-6-8-15(9-7-14)26-11-10-23-12-26/h2-13,20H,1H3,(H,24,28)/t13-/m0/s1. The van der Waals surface area contributed by atoms with Gasteiger partial charge in [0.15, 0.2) is 0 Å². The van der Waals surface area contributed by atoms with Crippen molar-refractivity contribution in [2.75, 3.05) is 0 Å². The minimum atomic E-state index is -2.75. The normalized spacial score (nSPS) is 12.4. The Morgan fingerprint density at radius 3 is 2.54 bits per heavy atom. The average molecular weight is 381 g/mol. The van der Waals surface area contributed by atoms with E-state index in [-0.39, 0.29) is 11.7 Å². The Balaban J connectivity index is 1.56. The number of nitrogens with one attached hydrogen (secondary N) is 1. The Morgan fingerprint density at radius 2 is 1.86 bits per heavy atom. The molecule has 1 N–H and O–H groups in total. The van der Waals surface area contributed by atoms with Crippen molar-refractivity contribution in [3.8, 4) is 5.69 Å². The summed E-state index contributed by atoms with van der Waals surface area (Å²) in [7, 11) is 0. The molecule has 1 amide bonds. The monoisotopic (exact) mass is 381 g/mol. The van der Waals surface area contributed by atoms with Crippen molar-refractivity contribution in [3.63, 3.8) is 0 Å². The number of alkyl halides is 2. The van der Waals surface area contributed by atoms with E-state index >= 15 is 0 Å². The van der Waals surface area contributed by atoms with E-state index in [1.807, 2.05) is 4.57 Å². The van der Waals surface area contributed by atoms with Gasteiger partial charge < -0.3 is 9.88 Å². The minimum Gasteiger partial charge on any atom is -0.342 e. The summed E-state index contributed by atoms with van der Waals surface area (Å²) in [6.07, 6.45) is 5.12. The molecule has 0 spiro atoms. The number of halogens is 2. The summed E-state index contributed by atoms with van der Waals surface area (Å²) >= 11 is 0. The number of amides is 1. The van der Waals surface area contributed by atoms with Crippen LogP contribution in [0.3, 0.4) is 0 Å². The number of carbonyl (C=O) groups is 1. The SMILES string of the molecule is C[C@H](NC(=O)c1ccc(-n2ccnc2)cc1)c1nc2ccccc2n1C(F)F. The zero-order valence-electron chi connectivity index (χ0n) is 15.0. The van der Waals surface area contributed by atoms with Crippen LogP contribution in [-0.2, 0) is 0 Å². The molecule has 142 valence electrons. The summed E-state index contributed by atoms with van der Waals surface area (Å²) in [4.78, 5) is 20.8. The lowest BCUT2D eigenvalue weighted by Gasteiger charge is -2.16. The third-order valence-electron chi connectivity index (χ3n) is 4.49. The van der Waals surface area contributed by atoms with Crippen molar-refractivity contribution >= 4 is 16.9 Å². The number of aromatic nitrogens is 4. The van der Waals surface area contributed by atoms with E-state index in [0.29, 0.717) is 16.6 Å². The molecule has 0 saturated heterocycles. The zero-order valence-corrected chi connectivity index (χ0v) is 15.0. The van der Waals surface area contributed by atoms with Crippen LogP contribution in [0.4, 0.5) is 8.78 Å². The third-order valence-corrected chi connectivity index (χ3v) is 4.49. The molecular formula is C20H17F2N5O. The number of hydrogen-bond acceptors (Lipinski definition) is 3. The highest BCUT2D eigenvalue weighted by Crippen LogP contribution is 2.26. The maximum absolute atomic E-state index is 13.6. The van der Waals surface area contributed by atoms with Crippen LogP contribution in [0.5, 0.6) is 0 Å². The molecular weight excluding hydrogens is 364 g/mol. The van der Waals surface area contributed by atoms with E-state index in [9.17, 15) is 13.6 Å². The summed E-state index contributed by atoms with van der Waals surface area (Å²) in [6, 6.07) is 12.9. The molecule has 6 nitrogen and oxygen atoms in total. The minimum absolute atomic E-state index is 0.111. The second kappa shape index (κ2) is 7.22. The largest absolute Gasteiger partial charge is 0.342 e. The van der Waals surface area contributed by atoms with Gasteiger partial charge in [-0.1, -0.05) is 12.1 Å². The van der Waals surface area contributed by atoms with Gasteiger partial charge in [0.1, 0.15) is 5.82 Å². The van der Waals surface area contributed by atoms with Crippen LogP contribution >= 0.6 is 0 Å². The molecule has 0 aliphatic carbocycles. The number of hydrogen-bond donors (Lipinski definition) is 1. The summed E-state index contributed by atoms with van der Waals surface area (Å²) in [6.45, 7) is -1.12. The zero-order chi connectivity index (χ0) is 19.7. The number of para-hydroxylation sites is 2. The Kier molecular flexibility index (Phi) is 4.60. The second-order valence-electron chi connectivity index (χ2n) is 6.32. The first-order valence-electron chi connectivity index (χ1n) is 8.69. The molecule has 0 aliphatic heterocycles. The molecule has 4 rings (SSSR count). The first-order chi connectivity index (χ1) is 13.5. The van der Waals surface area contributed by atoms with Crippen molar-refractivity contribution in [2.45, 2.75) is 19.5 Å². The fourth-order valence-electron chi connectivity index (χ4n) is 3.11. The van der Waals surface area contributed by atoms with E-state index in [0.717, 1.165) is 10.3 Å². The third kappa shape index (κ3) is 3.24. The van der Waals surface area contributed by atoms with Crippen molar-refractivity contribution in [1.82, 2.24) is 24.4 Å². The maximum atomic E-state index is 13.6. The van der Waals surface area contributed by atoms with Gasteiger partial charge >= 0.3 is 6.55 Å². The van der Waals surface area contributed by atoms with Crippen molar-refractivity contribution in [1.29, 1.82) is 0 Å². The van der Waals surface area contributed by atoms with E-state index in [2.05, 4.69) is 15.3 Å². The van der Waals surface area contributed by atoms with Gasteiger partial charge in [-0.15, -0.1) is 0 Å². The van der Waals surface area contributed by atoms with Crippen LogP contribution < -0.4 is 5.32 Å². The highest BCUT2D eigenvalue weighted by molar-refractivity contribution is 5.94. The van der Waals surface area contributed by atoms with E-state index < -0.39 is 12.6 Å². The Morgan fingerprint density at radius 1 is 1.11 bits per heavy atom. The molecule has 1 atom stereocenters. The smallest absolute Gasteiger partial charge is 0.320 e. The van der Waals surface area contributed by atoms with Crippen LogP contribution in [0.1, 0.15) is 35.7 Å². The molecule has 2 aromatic heterocycles. The molecule has 0 bridgehead atoms. The Bertz CT molecular complexity index is 1100. The number of fused-ring (bicyclic) bond motifs is 1. The molecule has 0 fully saturated rings. The Hall–Kier alpha value is -3.55. The van der Waals surface area contributed by atoms with Gasteiger partial charge in [0.25, 0.3) is 5.91 Å². The number of nitrogens with zero attached hydrogens (tertiary/aromatic N) is 4. The van der Waals surface area contributed by atoms with Crippen molar-refractivity contribution < 1.29 is 13.6 Å². The van der Waals surface area contributed by atoms with Crippen LogP contribution in [0.15, 0.2) is 67.3 Å². The number of rotatable bonds is 5. The molecule has 0 aliphatic rings. The van der Waals surface area contributed by atoms with Crippen LogP contribution in [0.2, 0.25) is 0 Å². The summed E-state index contributed by atoms with van der Waals surface area (Å²) in [5.41, 5.74) is 2.08. The fraction of sp³-hybridized carbons (Fsp3) is 0.150. The van der Waals surface area contributed by atoms with Gasteiger partial charge in [-0.05, 0) is 43.3 Å². The topological polar surface area (TPSA) is 64.7 Å². The van der Waals surface area contributed by atoms with Gasteiger partial charge in [-0.3, -0.25) is 9.36 Å². The van der Waals surface area contributed by atoms with Crippen LogP contribution in [-0.4, -0.2) is 25.0 Å². The maximum Gasteiger partial charge on any atom is 0.320 e. The molecule has 8 heteroatoms. The summed E-state index contributed by atoms with van der Waals surface area (Å²) in [5, 5.41) is 2.75. The molecule has 2 heterocycles. The lowest BCUT2D eigenvalue weighted by atomic mass is 10.1. The predicted octanol–water partition coefficient (Wildman–Crippen LogP) is 4.11. The summed E-state index contributed by atoms with van der Waals surface area (Å²) in [5.74, 6) is -0.253. The second-order valence-corrected chi connectivity index (χ2v) is 6.32. The number of imidazole rings is 2. The van der Waals surface area contributed by atoms with Crippen LogP contribution in [0, 0.1) is 0 Å². The van der Waals surface area contributed by atoms with Gasteiger partial charge in [0.05, 0.1) is 23.4 Å². The van der Waals surface area contributed by atoms with E-state index in [1.165, 1.54) is 0 Å². The average Bonchev–Trinajstić information content (AvgIpc) is 3.36. The predicted molar refractivity (Wildman–Crippen MR) is 100 cm³/mol. The first kappa shape index (κ1) is 17.8. The Labute approximate surface area is 159 Å². The molecule has 0 unspecified atom stereocenters. The first-order valence-corrected chi connectivity index (χ1v) is 8.69. The van der Waals surface area contributed by atoms with E-state index in [4.69, 9.17) is 0 Å². The number of carbonyl (C=O) groups excluding carboxylic acids is 1.